The summed E-state index contributed by atoms with van der Waals surface area (Å²) in [4.78, 5) is 59.6. The molecule has 10 heteroatoms. The molecule has 4 rings (SSSR count). The van der Waals surface area contributed by atoms with Crippen LogP contribution in [0.3, 0.4) is 0 Å². The lowest BCUT2D eigenvalue weighted by atomic mass is 10.0. The third-order valence-electron chi connectivity index (χ3n) is 6.98. The minimum absolute atomic E-state index is 0.0401. The molecule has 41 heavy (non-hydrogen) atoms. The Bertz CT molecular complexity index is 1250. The second kappa shape index (κ2) is 13.1. The van der Waals surface area contributed by atoms with E-state index >= 15 is 0 Å². The molecule has 2 aromatic rings. The summed E-state index contributed by atoms with van der Waals surface area (Å²) in [5, 5.41) is 2.86. The first-order valence-corrected chi connectivity index (χ1v) is 14.3. The van der Waals surface area contributed by atoms with E-state index in [9.17, 15) is 19.2 Å². The van der Waals surface area contributed by atoms with Crippen LogP contribution in [0.5, 0.6) is 0 Å². The molecule has 0 radical (unpaired) electrons. The Labute approximate surface area is 241 Å². The van der Waals surface area contributed by atoms with Gasteiger partial charge in [-0.1, -0.05) is 30.3 Å². The van der Waals surface area contributed by atoms with Crippen LogP contribution >= 0.6 is 0 Å². The largest absolute Gasteiger partial charge is 0.460 e. The van der Waals surface area contributed by atoms with Gasteiger partial charge in [-0.3, -0.25) is 14.4 Å². The van der Waals surface area contributed by atoms with E-state index in [2.05, 4.69) is 10.3 Å². The zero-order valence-corrected chi connectivity index (χ0v) is 24.4. The first-order chi connectivity index (χ1) is 19.5. The standard InChI is InChI=1S/C31H40N4O6/c1-5-40-30(39)35-17-15-34(16-18-35)29(38)24(13-14-27(36)41-31(2,3)4)33-28(37)26-20-23(21-11-12-21)19-25(32-26)22-9-7-6-8-10-22/h6-10,19-21,24H,5,11-18H2,1-4H3,(H,33,37). The van der Waals surface area contributed by atoms with Gasteiger partial charge in [0.15, 0.2) is 0 Å². The van der Waals surface area contributed by atoms with Gasteiger partial charge in [-0.25, -0.2) is 9.78 Å². The number of pyridine rings is 1. The van der Waals surface area contributed by atoms with Gasteiger partial charge in [0.2, 0.25) is 5.91 Å². The maximum absolute atomic E-state index is 13.6. The zero-order valence-electron chi connectivity index (χ0n) is 24.4. The van der Waals surface area contributed by atoms with Gasteiger partial charge >= 0.3 is 12.1 Å². The molecule has 2 fully saturated rings. The van der Waals surface area contributed by atoms with Crippen LogP contribution in [-0.2, 0) is 19.1 Å². The van der Waals surface area contributed by atoms with Gasteiger partial charge in [-0.05, 0) is 70.6 Å². The van der Waals surface area contributed by atoms with Crippen LogP contribution in [0.2, 0.25) is 0 Å². The lowest BCUT2D eigenvalue weighted by molar-refractivity contribution is -0.155. The van der Waals surface area contributed by atoms with Crippen molar-refractivity contribution in [1.29, 1.82) is 0 Å². The molecule has 220 valence electrons. The molecule has 1 saturated heterocycles. The van der Waals surface area contributed by atoms with Crippen molar-refractivity contribution in [2.24, 2.45) is 0 Å². The number of piperazine rings is 1. The van der Waals surface area contributed by atoms with Crippen molar-refractivity contribution in [2.75, 3.05) is 32.8 Å². The van der Waals surface area contributed by atoms with Crippen LogP contribution in [-0.4, -0.2) is 83.1 Å². The number of aromatic nitrogens is 1. The van der Waals surface area contributed by atoms with E-state index in [0.29, 0.717) is 37.8 Å². The number of hydrogen-bond acceptors (Lipinski definition) is 7. The Morgan fingerprint density at radius 3 is 2.27 bits per heavy atom. The topological polar surface area (TPSA) is 118 Å². The van der Waals surface area contributed by atoms with Crippen LogP contribution < -0.4 is 5.32 Å². The molecule has 3 amide bonds. The molecule has 1 aliphatic carbocycles. The van der Waals surface area contributed by atoms with Crippen molar-refractivity contribution in [2.45, 2.75) is 70.9 Å². The number of nitrogens with zero attached hydrogens (tertiary/aromatic N) is 3. The Kier molecular flexibility index (Phi) is 9.62. The molecule has 1 N–H and O–H groups in total. The highest BCUT2D eigenvalue weighted by Gasteiger charge is 2.32. The lowest BCUT2D eigenvalue weighted by Crippen LogP contribution is -2.56. The maximum atomic E-state index is 13.6. The van der Waals surface area contributed by atoms with Crippen LogP contribution in [0.25, 0.3) is 11.3 Å². The minimum Gasteiger partial charge on any atom is -0.460 e. The Hall–Kier alpha value is -3.95. The first-order valence-electron chi connectivity index (χ1n) is 14.3. The summed E-state index contributed by atoms with van der Waals surface area (Å²) >= 11 is 0. The summed E-state index contributed by atoms with van der Waals surface area (Å²) in [6.07, 6.45) is 1.75. The molecule has 2 aliphatic rings. The van der Waals surface area contributed by atoms with E-state index in [0.717, 1.165) is 24.0 Å². The molecule has 0 bridgehead atoms. The number of amides is 3. The molecule has 10 nitrogen and oxygen atoms in total. The van der Waals surface area contributed by atoms with E-state index in [1.807, 2.05) is 36.4 Å². The zero-order chi connectivity index (χ0) is 29.6. The van der Waals surface area contributed by atoms with Crippen LogP contribution in [0.15, 0.2) is 42.5 Å². The Morgan fingerprint density at radius 1 is 1.00 bits per heavy atom. The number of carbonyl (C=O) groups is 4. The predicted octanol–water partition coefficient (Wildman–Crippen LogP) is 4.15. The molecule has 1 atom stereocenters. The summed E-state index contributed by atoms with van der Waals surface area (Å²) in [6.45, 7) is 8.59. The van der Waals surface area contributed by atoms with E-state index < -0.39 is 29.6 Å². The average molecular weight is 565 g/mol. The normalized spacial score (nSPS) is 16.1. The maximum Gasteiger partial charge on any atom is 0.409 e. The SMILES string of the molecule is CCOC(=O)N1CCN(C(=O)C(CCC(=O)OC(C)(C)C)NC(=O)c2cc(C3CC3)cc(-c3ccccc3)n2)CC1. The van der Waals surface area contributed by atoms with Gasteiger partial charge in [0.05, 0.1) is 12.3 Å². The number of benzene rings is 1. The van der Waals surface area contributed by atoms with Crippen LogP contribution in [0.4, 0.5) is 4.79 Å². The third kappa shape index (κ3) is 8.52. The quantitative estimate of drug-likeness (QED) is 0.455. The Balaban J connectivity index is 1.52. The molecule has 1 aromatic heterocycles. The molecule has 1 aromatic carbocycles. The highest BCUT2D eigenvalue weighted by molar-refractivity contribution is 5.97. The summed E-state index contributed by atoms with van der Waals surface area (Å²) in [7, 11) is 0. The smallest absolute Gasteiger partial charge is 0.409 e. The minimum atomic E-state index is -0.962. The van der Waals surface area contributed by atoms with Gasteiger partial charge < -0.3 is 24.6 Å². The molecule has 0 spiro atoms. The van der Waals surface area contributed by atoms with E-state index in [1.54, 1.807) is 43.6 Å². The molecule has 1 aliphatic heterocycles. The van der Waals surface area contributed by atoms with Crippen molar-refractivity contribution in [3.8, 4) is 11.3 Å². The van der Waals surface area contributed by atoms with Crippen molar-refractivity contribution in [1.82, 2.24) is 20.1 Å². The van der Waals surface area contributed by atoms with Crippen LogP contribution in [0.1, 0.15) is 75.3 Å². The highest BCUT2D eigenvalue weighted by atomic mass is 16.6. The summed E-state index contributed by atoms with van der Waals surface area (Å²) in [5.74, 6) is -0.839. The third-order valence-corrected chi connectivity index (χ3v) is 6.98. The van der Waals surface area contributed by atoms with E-state index in [-0.39, 0.29) is 31.0 Å². The number of nitrogens with one attached hydrogen (secondary N) is 1. The fourth-order valence-corrected chi connectivity index (χ4v) is 4.77. The predicted molar refractivity (Wildman–Crippen MR) is 153 cm³/mol. The number of carbonyl (C=O) groups excluding carboxylic acids is 4. The average Bonchev–Trinajstić information content (AvgIpc) is 3.80. The van der Waals surface area contributed by atoms with E-state index in [1.165, 1.54) is 0 Å². The number of esters is 1. The van der Waals surface area contributed by atoms with Gasteiger partial charge in [0, 0.05) is 38.2 Å². The Morgan fingerprint density at radius 2 is 1.66 bits per heavy atom. The van der Waals surface area contributed by atoms with Gasteiger partial charge in [-0.15, -0.1) is 0 Å². The molecular weight excluding hydrogens is 524 g/mol. The summed E-state index contributed by atoms with van der Waals surface area (Å²) < 4.78 is 10.5. The van der Waals surface area contributed by atoms with Crippen molar-refractivity contribution in [3.63, 3.8) is 0 Å². The summed E-state index contributed by atoms with van der Waals surface area (Å²) in [6, 6.07) is 12.5. The first kappa shape index (κ1) is 30.0. The highest BCUT2D eigenvalue weighted by Crippen LogP contribution is 2.41. The number of rotatable bonds is 9. The van der Waals surface area contributed by atoms with Crippen LogP contribution in [0, 0.1) is 0 Å². The fourth-order valence-electron chi connectivity index (χ4n) is 4.77. The van der Waals surface area contributed by atoms with Crippen molar-refractivity contribution < 1.29 is 28.7 Å². The van der Waals surface area contributed by atoms with Gasteiger partial charge in [0.1, 0.15) is 17.3 Å². The molecule has 2 heterocycles. The van der Waals surface area contributed by atoms with Crippen molar-refractivity contribution >= 4 is 23.9 Å². The van der Waals surface area contributed by atoms with Gasteiger partial charge in [0.25, 0.3) is 5.91 Å². The second-order valence-electron chi connectivity index (χ2n) is 11.5. The lowest BCUT2D eigenvalue weighted by Gasteiger charge is -2.36. The number of hydrogen-bond donors (Lipinski definition) is 1. The monoisotopic (exact) mass is 564 g/mol. The van der Waals surface area contributed by atoms with E-state index in [4.69, 9.17) is 9.47 Å². The summed E-state index contributed by atoms with van der Waals surface area (Å²) in [5.41, 5.74) is 2.23. The van der Waals surface area contributed by atoms with Gasteiger partial charge in [-0.2, -0.15) is 0 Å². The molecular formula is C31H40N4O6. The molecule has 1 unspecified atom stereocenters. The fraction of sp³-hybridized carbons (Fsp3) is 0.516. The second-order valence-corrected chi connectivity index (χ2v) is 11.5. The number of ether oxygens (including phenoxy) is 2. The molecule has 1 saturated carbocycles. The van der Waals surface area contributed by atoms with Crippen molar-refractivity contribution in [3.05, 3.63) is 53.7 Å².